The Hall–Kier alpha value is -0.710. The number of rotatable bonds is 2. The van der Waals surface area contributed by atoms with Gasteiger partial charge < -0.3 is 5.11 Å². The van der Waals surface area contributed by atoms with Gasteiger partial charge in [0, 0.05) is 16.8 Å². The first-order chi connectivity index (χ1) is 6.79. The molecule has 0 unspecified atom stereocenters. The normalized spacial score (nSPS) is 12.9. The number of aliphatic hydroxyl groups is 1. The third kappa shape index (κ3) is 3.74. The second-order valence-electron chi connectivity index (χ2n) is 2.96. The molecule has 0 radical (unpaired) electrons. The molecular formula is C9H8Cl2O3S. The van der Waals surface area contributed by atoms with E-state index in [4.69, 9.17) is 23.2 Å². The van der Waals surface area contributed by atoms with Crippen LogP contribution in [-0.2, 0) is 9.84 Å². The maximum atomic E-state index is 10.9. The summed E-state index contributed by atoms with van der Waals surface area (Å²) < 4.78 is 21.8. The first-order valence-corrected chi connectivity index (χ1v) is 6.57. The van der Waals surface area contributed by atoms with Crippen molar-refractivity contribution in [3.63, 3.8) is 0 Å². The van der Waals surface area contributed by atoms with Crippen molar-refractivity contribution >= 4 is 38.8 Å². The van der Waals surface area contributed by atoms with Crippen LogP contribution in [-0.4, -0.2) is 19.8 Å². The van der Waals surface area contributed by atoms with Crippen molar-refractivity contribution in [1.82, 2.24) is 0 Å². The van der Waals surface area contributed by atoms with Gasteiger partial charge in [-0.05, 0) is 18.2 Å². The second kappa shape index (κ2) is 4.43. The predicted octanol–water partition coefficient (Wildman–Crippen LogP) is 2.89. The van der Waals surface area contributed by atoms with Crippen LogP contribution in [0.3, 0.4) is 0 Å². The average Bonchev–Trinajstić information content (AvgIpc) is 1.99. The maximum absolute atomic E-state index is 10.9. The van der Waals surface area contributed by atoms with E-state index in [0.29, 0.717) is 5.02 Å². The van der Waals surface area contributed by atoms with E-state index in [1.807, 2.05) is 0 Å². The van der Waals surface area contributed by atoms with Crippen molar-refractivity contribution in [3.8, 4) is 0 Å². The van der Waals surface area contributed by atoms with Gasteiger partial charge in [0.2, 0.25) is 0 Å². The number of aliphatic hydroxyl groups excluding tert-OH is 1. The summed E-state index contributed by atoms with van der Waals surface area (Å²) >= 11 is 11.4. The zero-order chi connectivity index (χ0) is 11.6. The van der Waals surface area contributed by atoms with Gasteiger partial charge in [0.15, 0.2) is 9.84 Å². The standard InChI is InChI=1S/C9H8Cl2O3S/c1-15(13,14)5-9(12)7-3-2-6(10)4-8(7)11/h2-5,12H,1H3/b9-5-. The van der Waals surface area contributed by atoms with Gasteiger partial charge in [-0.3, -0.25) is 0 Å². The molecule has 0 aliphatic heterocycles. The van der Waals surface area contributed by atoms with Crippen LogP contribution in [0.5, 0.6) is 0 Å². The molecule has 0 saturated carbocycles. The molecule has 0 fully saturated rings. The van der Waals surface area contributed by atoms with Crippen LogP contribution in [0.2, 0.25) is 10.0 Å². The molecule has 0 amide bonds. The van der Waals surface area contributed by atoms with Crippen LogP contribution in [0.1, 0.15) is 5.56 Å². The Morgan fingerprint density at radius 2 is 2.00 bits per heavy atom. The molecule has 1 aromatic carbocycles. The minimum atomic E-state index is -3.40. The van der Waals surface area contributed by atoms with E-state index in [0.717, 1.165) is 11.7 Å². The highest BCUT2D eigenvalue weighted by atomic mass is 35.5. The Morgan fingerprint density at radius 1 is 1.40 bits per heavy atom. The molecule has 0 aliphatic carbocycles. The van der Waals surface area contributed by atoms with Gasteiger partial charge in [-0.2, -0.15) is 0 Å². The zero-order valence-electron chi connectivity index (χ0n) is 7.74. The largest absolute Gasteiger partial charge is 0.507 e. The van der Waals surface area contributed by atoms with E-state index in [9.17, 15) is 13.5 Å². The fourth-order valence-electron chi connectivity index (χ4n) is 0.963. The summed E-state index contributed by atoms with van der Waals surface area (Å²) in [6.07, 6.45) is 0.979. The number of hydrogen-bond acceptors (Lipinski definition) is 3. The molecule has 15 heavy (non-hydrogen) atoms. The van der Waals surface area contributed by atoms with Crippen LogP contribution in [0, 0.1) is 0 Å². The zero-order valence-corrected chi connectivity index (χ0v) is 10.1. The topological polar surface area (TPSA) is 54.4 Å². The predicted molar refractivity (Wildman–Crippen MR) is 61.9 cm³/mol. The third-order valence-corrected chi connectivity index (χ3v) is 2.73. The lowest BCUT2D eigenvalue weighted by Crippen LogP contribution is -1.93. The SMILES string of the molecule is CS(=O)(=O)/C=C(\O)c1ccc(Cl)cc1Cl. The van der Waals surface area contributed by atoms with Crippen molar-refractivity contribution in [2.24, 2.45) is 0 Å². The van der Waals surface area contributed by atoms with E-state index >= 15 is 0 Å². The summed E-state index contributed by atoms with van der Waals surface area (Å²) in [6.45, 7) is 0. The van der Waals surface area contributed by atoms with Crippen LogP contribution < -0.4 is 0 Å². The smallest absolute Gasteiger partial charge is 0.172 e. The second-order valence-corrected chi connectivity index (χ2v) is 5.70. The Bertz CT molecular complexity index is 506. The summed E-state index contributed by atoms with van der Waals surface area (Å²) in [5.74, 6) is -0.404. The van der Waals surface area contributed by atoms with E-state index in [-0.39, 0.29) is 10.6 Å². The van der Waals surface area contributed by atoms with Gasteiger partial charge in [-0.25, -0.2) is 8.42 Å². The molecule has 0 bridgehead atoms. The molecule has 82 valence electrons. The summed E-state index contributed by atoms with van der Waals surface area (Å²) in [5.41, 5.74) is 0.228. The van der Waals surface area contributed by atoms with Gasteiger partial charge in [-0.15, -0.1) is 0 Å². The molecule has 1 rings (SSSR count). The van der Waals surface area contributed by atoms with Crippen molar-refractivity contribution in [2.45, 2.75) is 0 Å². The highest BCUT2D eigenvalue weighted by Gasteiger charge is 2.08. The van der Waals surface area contributed by atoms with Gasteiger partial charge in [-0.1, -0.05) is 23.2 Å². The van der Waals surface area contributed by atoms with E-state index in [2.05, 4.69) is 0 Å². The van der Waals surface area contributed by atoms with Crippen molar-refractivity contribution < 1.29 is 13.5 Å². The lowest BCUT2D eigenvalue weighted by molar-refractivity contribution is 0.512. The van der Waals surface area contributed by atoms with Crippen LogP contribution in [0.4, 0.5) is 0 Å². The molecule has 0 saturated heterocycles. The average molecular weight is 267 g/mol. The molecule has 3 nitrogen and oxygen atoms in total. The highest BCUT2D eigenvalue weighted by Crippen LogP contribution is 2.25. The number of benzene rings is 1. The monoisotopic (exact) mass is 266 g/mol. The quantitative estimate of drug-likeness (QED) is 0.838. The number of sulfone groups is 1. The highest BCUT2D eigenvalue weighted by molar-refractivity contribution is 7.93. The molecule has 1 aromatic rings. The van der Waals surface area contributed by atoms with Crippen molar-refractivity contribution in [2.75, 3.05) is 6.26 Å². The summed E-state index contributed by atoms with van der Waals surface area (Å²) in [5, 5.41) is 10.8. The lowest BCUT2D eigenvalue weighted by atomic mass is 10.2. The molecule has 0 spiro atoms. The summed E-state index contributed by atoms with van der Waals surface area (Å²) in [4.78, 5) is 0. The molecule has 0 atom stereocenters. The summed E-state index contributed by atoms with van der Waals surface area (Å²) in [6, 6.07) is 4.38. The third-order valence-electron chi connectivity index (χ3n) is 1.53. The van der Waals surface area contributed by atoms with Gasteiger partial charge in [0.05, 0.1) is 10.4 Å². The lowest BCUT2D eigenvalue weighted by Gasteiger charge is -2.03. The van der Waals surface area contributed by atoms with Gasteiger partial charge in [0.1, 0.15) is 5.76 Å². The van der Waals surface area contributed by atoms with Gasteiger partial charge >= 0.3 is 0 Å². The molecule has 0 heterocycles. The van der Waals surface area contributed by atoms with Crippen LogP contribution in [0.15, 0.2) is 23.6 Å². The number of halogens is 2. The molecular weight excluding hydrogens is 259 g/mol. The fourth-order valence-corrected chi connectivity index (χ4v) is 2.00. The molecule has 6 heteroatoms. The Kier molecular flexibility index (Phi) is 3.65. The molecule has 0 aromatic heterocycles. The fraction of sp³-hybridized carbons (Fsp3) is 0.111. The Morgan fingerprint density at radius 3 is 2.47 bits per heavy atom. The maximum Gasteiger partial charge on any atom is 0.172 e. The van der Waals surface area contributed by atoms with Crippen LogP contribution in [0.25, 0.3) is 5.76 Å². The van der Waals surface area contributed by atoms with Crippen LogP contribution >= 0.6 is 23.2 Å². The van der Waals surface area contributed by atoms with E-state index < -0.39 is 15.6 Å². The van der Waals surface area contributed by atoms with Gasteiger partial charge in [0.25, 0.3) is 0 Å². The van der Waals surface area contributed by atoms with Crippen molar-refractivity contribution in [3.05, 3.63) is 39.2 Å². The Balaban J connectivity index is 3.24. The van der Waals surface area contributed by atoms with E-state index in [1.54, 1.807) is 0 Å². The molecule has 1 N–H and O–H groups in total. The van der Waals surface area contributed by atoms with Crippen molar-refractivity contribution in [1.29, 1.82) is 0 Å². The minimum absolute atomic E-state index is 0.194. The first-order valence-electron chi connectivity index (χ1n) is 3.86. The molecule has 0 aliphatic rings. The minimum Gasteiger partial charge on any atom is -0.507 e. The number of hydrogen-bond donors (Lipinski definition) is 1. The van der Waals surface area contributed by atoms with E-state index in [1.165, 1.54) is 18.2 Å². The summed E-state index contributed by atoms with van der Waals surface area (Å²) in [7, 11) is -3.40. The first kappa shape index (κ1) is 12.4. The Labute approximate surface area is 97.9 Å².